The fourth-order valence-electron chi connectivity index (χ4n) is 2.43. The minimum Gasteiger partial charge on any atom is -0.295 e. The highest BCUT2D eigenvalue weighted by atomic mass is 79.9. The highest BCUT2D eigenvalue weighted by Gasteiger charge is 2.15. The largest absolute Gasteiger partial charge is 0.295 e. The Labute approximate surface area is 141 Å². The van der Waals surface area contributed by atoms with Crippen LogP contribution in [0.15, 0.2) is 40.9 Å². The van der Waals surface area contributed by atoms with Crippen LogP contribution in [0.4, 0.5) is 0 Å². The molecule has 2 aromatic carbocycles. The summed E-state index contributed by atoms with van der Waals surface area (Å²) in [6.07, 6.45) is 0.703. The number of imidazole rings is 1. The predicted octanol–water partition coefficient (Wildman–Crippen LogP) is 5.53. The summed E-state index contributed by atoms with van der Waals surface area (Å²) < 4.78 is 2.98. The number of nitrogens with zero attached hydrogens (tertiary/aromatic N) is 2. The summed E-state index contributed by atoms with van der Waals surface area (Å²) >= 11 is 15.7. The van der Waals surface area contributed by atoms with Crippen molar-refractivity contribution >= 4 is 50.2 Å². The van der Waals surface area contributed by atoms with Gasteiger partial charge in [-0.05, 0) is 52.7 Å². The van der Waals surface area contributed by atoms with Crippen molar-refractivity contribution in [3.05, 3.63) is 57.3 Å². The number of aryl methyl sites for hydroxylation is 2. The first-order valence-corrected chi connectivity index (χ1v) is 8.30. The van der Waals surface area contributed by atoms with Crippen molar-refractivity contribution in [3.8, 4) is 5.69 Å². The molecule has 0 amide bonds. The van der Waals surface area contributed by atoms with Gasteiger partial charge >= 0.3 is 0 Å². The van der Waals surface area contributed by atoms with E-state index in [1.54, 1.807) is 0 Å². The molecule has 0 N–H and O–H groups in total. The second kappa shape index (κ2) is 5.99. The number of benzene rings is 2. The Hall–Kier alpha value is -1.03. The smallest absolute Gasteiger partial charge is 0.115 e. The Kier molecular flexibility index (Phi) is 4.25. The number of aromatic nitrogens is 2. The van der Waals surface area contributed by atoms with E-state index in [1.807, 2.05) is 18.2 Å². The highest BCUT2D eigenvalue weighted by Crippen LogP contribution is 2.32. The van der Waals surface area contributed by atoms with Crippen LogP contribution in [-0.4, -0.2) is 15.4 Å². The highest BCUT2D eigenvalue weighted by molar-refractivity contribution is 9.10. The lowest BCUT2D eigenvalue weighted by molar-refractivity contribution is 0.909. The van der Waals surface area contributed by atoms with Gasteiger partial charge < -0.3 is 0 Å². The molecule has 0 fully saturated rings. The zero-order valence-electron chi connectivity index (χ0n) is 11.4. The number of alkyl halides is 1. The maximum Gasteiger partial charge on any atom is 0.115 e. The molecule has 1 heterocycles. The standard InChI is InChI=1S/C16H13BrCl2N2/c1-10-5-6-13-12(9-10)20-15(7-8-18)21(13)14-4-2-3-11(19)16(14)17/h2-6,9H,7-8H2,1H3. The summed E-state index contributed by atoms with van der Waals surface area (Å²) in [5.74, 6) is 1.47. The monoisotopic (exact) mass is 382 g/mol. The molecule has 2 nitrogen and oxygen atoms in total. The van der Waals surface area contributed by atoms with Gasteiger partial charge in [-0.25, -0.2) is 4.98 Å². The molecule has 0 aliphatic rings. The lowest BCUT2D eigenvalue weighted by Gasteiger charge is -2.11. The van der Waals surface area contributed by atoms with Crippen LogP contribution < -0.4 is 0 Å². The molecule has 108 valence electrons. The molecular weight excluding hydrogens is 371 g/mol. The summed E-state index contributed by atoms with van der Waals surface area (Å²) in [7, 11) is 0. The average Bonchev–Trinajstić information content (AvgIpc) is 2.79. The first kappa shape index (κ1) is 14.9. The van der Waals surface area contributed by atoms with E-state index in [0.29, 0.717) is 17.3 Å². The summed E-state index contributed by atoms with van der Waals surface area (Å²) in [5, 5.41) is 0.679. The third kappa shape index (κ3) is 2.70. The van der Waals surface area contributed by atoms with Gasteiger partial charge in [0.2, 0.25) is 0 Å². The quantitative estimate of drug-likeness (QED) is 0.543. The molecule has 0 aliphatic carbocycles. The summed E-state index contributed by atoms with van der Waals surface area (Å²) in [6, 6.07) is 12.1. The Morgan fingerprint density at radius 3 is 2.81 bits per heavy atom. The number of rotatable bonds is 3. The molecule has 5 heteroatoms. The van der Waals surface area contributed by atoms with Gasteiger partial charge in [0.05, 0.1) is 26.2 Å². The van der Waals surface area contributed by atoms with Crippen molar-refractivity contribution in [2.24, 2.45) is 0 Å². The third-order valence-electron chi connectivity index (χ3n) is 3.37. The van der Waals surface area contributed by atoms with E-state index in [0.717, 1.165) is 27.0 Å². The molecular formula is C16H13BrCl2N2. The summed E-state index contributed by atoms with van der Waals surface area (Å²) in [6.45, 7) is 2.06. The van der Waals surface area contributed by atoms with Crippen molar-refractivity contribution in [1.29, 1.82) is 0 Å². The molecule has 3 rings (SSSR count). The Morgan fingerprint density at radius 1 is 1.24 bits per heavy atom. The van der Waals surface area contributed by atoms with E-state index >= 15 is 0 Å². The van der Waals surface area contributed by atoms with Gasteiger partial charge in [0.15, 0.2) is 0 Å². The van der Waals surface area contributed by atoms with E-state index in [1.165, 1.54) is 5.56 Å². The maximum absolute atomic E-state index is 6.23. The van der Waals surface area contributed by atoms with Crippen LogP contribution in [0.5, 0.6) is 0 Å². The summed E-state index contributed by atoms with van der Waals surface area (Å²) in [4.78, 5) is 4.73. The van der Waals surface area contributed by atoms with Crippen molar-refractivity contribution in [2.45, 2.75) is 13.3 Å². The molecule has 21 heavy (non-hydrogen) atoms. The van der Waals surface area contributed by atoms with E-state index in [4.69, 9.17) is 28.2 Å². The predicted molar refractivity (Wildman–Crippen MR) is 92.9 cm³/mol. The van der Waals surface area contributed by atoms with Gasteiger partial charge in [-0.1, -0.05) is 23.7 Å². The van der Waals surface area contributed by atoms with Gasteiger partial charge in [-0.3, -0.25) is 4.57 Å². The first-order valence-electron chi connectivity index (χ1n) is 6.60. The van der Waals surface area contributed by atoms with E-state index in [-0.39, 0.29) is 0 Å². The van der Waals surface area contributed by atoms with Crippen molar-refractivity contribution in [1.82, 2.24) is 9.55 Å². The van der Waals surface area contributed by atoms with Gasteiger partial charge in [-0.15, -0.1) is 11.6 Å². The fraction of sp³-hybridized carbons (Fsp3) is 0.188. The Balaban J connectivity index is 2.33. The minimum absolute atomic E-state index is 0.528. The lowest BCUT2D eigenvalue weighted by Crippen LogP contribution is -2.03. The van der Waals surface area contributed by atoms with Crippen LogP contribution in [0.3, 0.4) is 0 Å². The van der Waals surface area contributed by atoms with E-state index in [9.17, 15) is 0 Å². The van der Waals surface area contributed by atoms with Gasteiger partial charge in [0.25, 0.3) is 0 Å². The molecule has 0 aliphatic heterocycles. The van der Waals surface area contributed by atoms with E-state index < -0.39 is 0 Å². The van der Waals surface area contributed by atoms with Crippen LogP contribution >= 0.6 is 39.1 Å². The molecule has 3 aromatic rings. The fourth-order valence-corrected chi connectivity index (χ4v) is 3.21. The molecule has 0 unspecified atom stereocenters. The SMILES string of the molecule is Cc1ccc2c(c1)nc(CCCl)n2-c1cccc(Cl)c1Br. The maximum atomic E-state index is 6.23. The average molecular weight is 384 g/mol. The second-order valence-electron chi connectivity index (χ2n) is 4.87. The molecule has 0 radical (unpaired) electrons. The van der Waals surface area contributed by atoms with Gasteiger partial charge in [0, 0.05) is 12.3 Å². The van der Waals surface area contributed by atoms with Gasteiger partial charge in [0.1, 0.15) is 5.82 Å². The molecule has 0 spiro atoms. The third-order valence-corrected chi connectivity index (χ3v) is 4.94. The Morgan fingerprint density at radius 2 is 2.05 bits per heavy atom. The molecule has 0 atom stereocenters. The topological polar surface area (TPSA) is 17.8 Å². The molecule has 0 bridgehead atoms. The van der Waals surface area contributed by atoms with Gasteiger partial charge in [-0.2, -0.15) is 0 Å². The van der Waals surface area contributed by atoms with Crippen molar-refractivity contribution in [3.63, 3.8) is 0 Å². The van der Waals surface area contributed by atoms with E-state index in [2.05, 4.69) is 45.6 Å². The molecule has 0 saturated heterocycles. The number of hydrogen-bond acceptors (Lipinski definition) is 1. The normalized spacial score (nSPS) is 11.2. The summed E-state index contributed by atoms with van der Waals surface area (Å²) in [5.41, 5.74) is 4.20. The minimum atomic E-state index is 0.528. The number of hydrogen-bond donors (Lipinski definition) is 0. The Bertz CT molecular complexity index is 811. The molecule has 1 aromatic heterocycles. The second-order valence-corrected chi connectivity index (χ2v) is 6.45. The number of fused-ring (bicyclic) bond motifs is 1. The van der Waals surface area contributed by atoms with Crippen LogP contribution in [0.2, 0.25) is 5.02 Å². The number of halogens is 3. The van der Waals surface area contributed by atoms with Crippen LogP contribution in [0.25, 0.3) is 16.7 Å². The van der Waals surface area contributed by atoms with Crippen molar-refractivity contribution in [2.75, 3.05) is 5.88 Å². The van der Waals surface area contributed by atoms with Crippen molar-refractivity contribution < 1.29 is 0 Å². The first-order chi connectivity index (χ1) is 10.1. The van der Waals surface area contributed by atoms with Crippen LogP contribution in [0, 0.1) is 6.92 Å². The van der Waals surface area contributed by atoms with Crippen LogP contribution in [-0.2, 0) is 6.42 Å². The molecule has 0 saturated carbocycles. The zero-order valence-corrected chi connectivity index (χ0v) is 14.5. The van der Waals surface area contributed by atoms with Crippen LogP contribution in [0.1, 0.15) is 11.4 Å². The zero-order chi connectivity index (χ0) is 15.0. The lowest BCUT2D eigenvalue weighted by atomic mass is 10.2.